The van der Waals surface area contributed by atoms with Crippen LogP contribution >= 0.6 is 11.3 Å². The van der Waals surface area contributed by atoms with Gasteiger partial charge in [-0.25, -0.2) is 9.97 Å². The van der Waals surface area contributed by atoms with E-state index in [0.29, 0.717) is 24.7 Å². The van der Waals surface area contributed by atoms with E-state index in [0.717, 1.165) is 15.8 Å². The largest absolute Gasteiger partial charge is 0.378 e. The van der Waals surface area contributed by atoms with E-state index in [4.69, 9.17) is 4.74 Å². The van der Waals surface area contributed by atoms with Crippen LogP contribution in [0, 0.1) is 0 Å². The normalized spacial score (nSPS) is 15.7. The number of aromatic nitrogens is 3. The maximum Gasteiger partial charge on any atom is 0.274 e. The van der Waals surface area contributed by atoms with Crippen molar-refractivity contribution in [3.05, 3.63) is 47.2 Å². The monoisotopic (exact) mass is 369 g/mol. The number of likely N-dealkylation sites (tertiary alicyclic amines) is 1. The Hall–Kier alpha value is -2.58. The molecule has 8 heteroatoms. The first-order valence-corrected chi connectivity index (χ1v) is 9.27. The van der Waals surface area contributed by atoms with E-state index in [1.807, 2.05) is 30.5 Å². The van der Waals surface area contributed by atoms with E-state index in [2.05, 4.69) is 20.3 Å². The molecule has 3 aromatic heterocycles. The number of ether oxygens (including phenoxy) is 1. The summed E-state index contributed by atoms with van der Waals surface area (Å²) in [4.78, 5) is 27.8. The Morgan fingerprint density at radius 3 is 2.96 bits per heavy atom. The van der Waals surface area contributed by atoms with Crippen LogP contribution < -0.4 is 5.32 Å². The van der Waals surface area contributed by atoms with Gasteiger partial charge in [0.2, 0.25) is 5.95 Å². The Kier molecular flexibility index (Phi) is 4.52. The fourth-order valence-corrected chi connectivity index (χ4v) is 3.70. The minimum atomic E-state index is -0.0785. The van der Waals surface area contributed by atoms with Gasteiger partial charge in [0.1, 0.15) is 0 Å². The standard InChI is InChI=1S/C18H19N5O2S/c1-11(12-4-3-6-19-8-12)20-18-21-14-5-7-26-16(14)15(22-18)17(24)23-9-13(10-23)25-2/h3-8,11,13H,9-10H2,1-2H3,(H,20,21,22). The minimum absolute atomic E-state index is 0.0235. The SMILES string of the molecule is COC1CN(C(=O)c2nc(NC(C)c3cccnc3)nc3ccsc23)C1. The van der Waals surface area contributed by atoms with Crippen molar-refractivity contribution in [2.45, 2.75) is 19.1 Å². The summed E-state index contributed by atoms with van der Waals surface area (Å²) in [5.74, 6) is 0.365. The fraction of sp³-hybridized carbons (Fsp3) is 0.333. The molecule has 3 aromatic rings. The third-order valence-corrected chi connectivity index (χ3v) is 5.42. The van der Waals surface area contributed by atoms with E-state index < -0.39 is 0 Å². The van der Waals surface area contributed by atoms with Crippen LogP contribution in [0.25, 0.3) is 10.2 Å². The molecule has 0 saturated carbocycles. The second-order valence-electron chi connectivity index (χ2n) is 6.25. The maximum absolute atomic E-state index is 12.9. The molecule has 7 nitrogen and oxygen atoms in total. The summed E-state index contributed by atoms with van der Waals surface area (Å²) in [5, 5.41) is 5.21. The second-order valence-corrected chi connectivity index (χ2v) is 7.17. The molecule has 4 heterocycles. The Bertz CT molecular complexity index is 924. The number of methoxy groups -OCH3 is 1. The van der Waals surface area contributed by atoms with Gasteiger partial charge < -0.3 is 15.0 Å². The molecule has 26 heavy (non-hydrogen) atoms. The van der Waals surface area contributed by atoms with Crippen LogP contribution in [0.4, 0.5) is 5.95 Å². The van der Waals surface area contributed by atoms with Crippen LogP contribution in [0.15, 0.2) is 36.0 Å². The van der Waals surface area contributed by atoms with Crippen LogP contribution in [0.3, 0.4) is 0 Å². The highest BCUT2D eigenvalue weighted by Gasteiger charge is 2.33. The first-order chi connectivity index (χ1) is 12.7. The van der Waals surface area contributed by atoms with Gasteiger partial charge in [-0.05, 0) is 30.0 Å². The average Bonchev–Trinajstić information content (AvgIpc) is 3.09. The molecule has 134 valence electrons. The highest BCUT2D eigenvalue weighted by molar-refractivity contribution is 7.17. The number of anilines is 1. The number of carbonyl (C=O) groups is 1. The van der Waals surface area contributed by atoms with Gasteiger partial charge in [0.15, 0.2) is 5.69 Å². The van der Waals surface area contributed by atoms with Crippen LogP contribution in [0.5, 0.6) is 0 Å². The Morgan fingerprint density at radius 2 is 2.23 bits per heavy atom. The number of nitrogens with zero attached hydrogens (tertiary/aromatic N) is 4. The highest BCUT2D eigenvalue weighted by Crippen LogP contribution is 2.27. The molecule has 4 rings (SSSR count). The van der Waals surface area contributed by atoms with Gasteiger partial charge in [0.25, 0.3) is 5.91 Å². The third kappa shape index (κ3) is 3.13. The smallest absolute Gasteiger partial charge is 0.274 e. The van der Waals surface area contributed by atoms with Gasteiger partial charge in [-0.2, -0.15) is 0 Å². The lowest BCUT2D eigenvalue weighted by Gasteiger charge is -2.37. The van der Waals surface area contributed by atoms with Gasteiger partial charge in [-0.15, -0.1) is 11.3 Å². The van der Waals surface area contributed by atoms with E-state index in [1.54, 1.807) is 24.4 Å². The zero-order valence-electron chi connectivity index (χ0n) is 14.5. The molecule has 0 aliphatic carbocycles. The van der Waals surface area contributed by atoms with Crippen LogP contribution in [-0.2, 0) is 4.74 Å². The van der Waals surface area contributed by atoms with E-state index in [-0.39, 0.29) is 18.1 Å². The molecule has 0 aromatic carbocycles. The molecule has 1 atom stereocenters. The number of hydrogen-bond acceptors (Lipinski definition) is 7. The first-order valence-electron chi connectivity index (χ1n) is 8.39. The average molecular weight is 369 g/mol. The lowest BCUT2D eigenvalue weighted by Crippen LogP contribution is -2.54. The Morgan fingerprint density at radius 1 is 1.38 bits per heavy atom. The fourth-order valence-electron chi connectivity index (χ4n) is 2.88. The molecule has 1 unspecified atom stereocenters. The third-order valence-electron chi connectivity index (χ3n) is 4.50. The number of fused-ring (bicyclic) bond motifs is 1. The van der Waals surface area contributed by atoms with Crippen molar-refractivity contribution in [1.29, 1.82) is 0 Å². The summed E-state index contributed by atoms with van der Waals surface area (Å²) >= 11 is 1.48. The van der Waals surface area contributed by atoms with Crippen molar-refractivity contribution in [2.75, 3.05) is 25.5 Å². The summed E-state index contributed by atoms with van der Waals surface area (Å²) in [6.45, 7) is 3.21. The second kappa shape index (κ2) is 6.97. The van der Waals surface area contributed by atoms with E-state index >= 15 is 0 Å². The predicted octanol–water partition coefficient (Wildman–Crippen LogP) is 2.73. The number of hydrogen-bond donors (Lipinski definition) is 1. The zero-order chi connectivity index (χ0) is 18.1. The van der Waals surface area contributed by atoms with Gasteiger partial charge in [0.05, 0.1) is 22.4 Å². The summed E-state index contributed by atoms with van der Waals surface area (Å²) < 4.78 is 6.07. The number of amides is 1. The van der Waals surface area contributed by atoms with Crippen molar-refractivity contribution < 1.29 is 9.53 Å². The molecule has 1 amide bonds. The predicted molar refractivity (Wildman–Crippen MR) is 100 cm³/mol. The number of pyridine rings is 1. The molecule has 1 aliphatic rings. The van der Waals surface area contributed by atoms with Gasteiger partial charge in [0, 0.05) is 32.6 Å². The van der Waals surface area contributed by atoms with Gasteiger partial charge in [-0.1, -0.05) is 6.07 Å². The highest BCUT2D eigenvalue weighted by atomic mass is 32.1. The first kappa shape index (κ1) is 16.9. The molecule has 0 spiro atoms. The molecule has 0 bridgehead atoms. The lowest BCUT2D eigenvalue weighted by atomic mass is 10.1. The van der Waals surface area contributed by atoms with Crippen molar-refractivity contribution in [3.8, 4) is 0 Å². The topological polar surface area (TPSA) is 80.2 Å². The molecule has 1 N–H and O–H groups in total. The van der Waals surface area contributed by atoms with Crippen LogP contribution in [0.1, 0.15) is 29.0 Å². The summed E-state index contributed by atoms with van der Waals surface area (Å²) in [7, 11) is 1.66. The lowest BCUT2D eigenvalue weighted by molar-refractivity contribution is -0.0193. The van der Waals surface area contributed by atoms with E-state index in [9.17, 15) is 4.79 Å². The maximum atomic E-state index is 12.9. The Balaban J connectivity index is 1.61. The number of thiophene rings is 1. The number of nitrogens with one attached hydrogen (secondary N) is 1. The zero-order valence-corrected chi connectivity index (χ0v) is 15.4. The number of carbonyl (C=O) groups excluding carboxylic acids is 1. The molecule has 1 fully saturated rings. The number of rotatable bonds is 5. The summed E-state index contributed by atoms with van der Waals surface area (Å²) in [6.07, 6.45) is 3.65. The van der Waals surface area contributed by atoms with E-state index in [1.165, 1.54) is 11.3 Å². The van der Waals surface area contributed by atoms with Crippen molar-refractivity contribution >= 4 is 33.4 Å². The van der Waals surface area contributed by atoms with Gasteiger partial charge in [-0.3, -0.25) is 9.78 Å². The summed E-state index contributed by atoms with van der Waals surface area (Å²) in [6, 6.07) is 5.77. The molecule has 0 radical (unpaired) electrons. The van der Waals surface area contributed by atoms with Crippen molar-refractivity contribution in [2.24, 2.45) is 0 Å². The molecule has 1 saturated heterocycles. The van der Waals surface area contributed by atoms with Crippen LogP contribution in [-0.4, -0.2) is 52.1 Å². The van der Waals surface area contributed by atoms with Crippen molar-refractivity contribution in [1.82, 2.24) is 19.9 Å². The molecular weight excluding hydrogens is 350 g/mol. The Labute approximate surface area is 155 Å². The van der Waals surface area contributed by atoms with Crippen molar-refractivity contribution in [3.63, 3.8) is 0 Å². The summed E-state index contributed by atoms with van der Waals surface area (Å²) in [5.41, 5.74) is 2.25. The quantitative estimate of drug-likeness (QED) is 0.745. The molecular formula is C18H19N5O2S. The van der Waals surface area contributed by atoms with Crippen LogP contribution in [0.2, 0.25) is 0 Å². The molecule has 1 aliphatic heterocycles. The minimum Gasteiger partial charge on any atom is -0.378 e. The van der Waals surface area contributed by atoms with Gasteiger partial charge >= 0.3 is 0 Å².